The van der Waals surface area contributed by atoms with Crippen LogP contribution in [-0.4, -0.2) is 46.9 Å². The molecule has 0 aromatic rings. The monoisotopic (exact) mass is 288 g/mol. The minimum atomic E-state index is -1.25. The van der Waals surface area contributed by atoms with Gasteiger partial charge < -0.3 is 20.5 Å². The molecule has 0 saturated carbocycles. The van der Waals surface area contributed by atoms with E-state index in [4.69, 9.17) is 10.5 Å². The number of rotatable bonds is 10. The van der Waals surface area contributed by atoms with Gasteiger partial charge in [0.25, 0.3) is 0 Å². The Labute approximate surface area is 123 Å². The van der Waals surface area contributed by atoms with Crippen LogP contribution in [0.2, 0.25) is 0 Å². The molecule has 0 spiro atoms. The molecule has 0 aliphatic heterocycles. The lowest BCUT2D eigenvalue weighted by Gasteiger charge is -2.39. The van der Waals surface area contributed by atoms with Gasteiger partial charge in [-0.05, 0) is 33.6 Å². The molecule has 20 heavy (non-hydrogen) atoms. The van der Waals surface area contributed by atoms with Crippen LogP contribution in [0.15, 0.2) is 0 Å². The van der Waals surface area contributed by atoms with Gasteiger partial charge in [-0.15, -0.1) is 0 Å². The van der Waals surface area contributed by atoms with E-state index in [-0.39, 0.29) is 11.4 Å². The van der Waals surface area contributed by atoms with E-state index < -0.39 is 5.72 Å². The summed E-state index contributed by atoms with van der Waals surface area (Å²) in [7, 11) is 0. The van der Waals surface area contributed by atoms with Crippen molar-refractivity contribution in [1.82, 2.24) is 4.90 Å². The molecule has 120 valence electrons. The number of nitrogens with zero attached hydrogens (tertiary/aromatic N) is 1. The molecular weight excluding hydrogens is 256 g/mol. The molecular formula is C15H32N2O3. The van der Waals surface area contributed by atoms with Crippen LogP contribution in [0.25, 0.3) is 0 Å². The second-order valence-electron chi connectivity index (χ2n) is 6.31. The third-order valence-electron chi connectivity index (χ3n) is 3.45. The first-order valence-corrected chi connectivity index (χ1v) is 7.47. The summed E-state index contributed by atoms with van der Waals surface area (Å²) in [5.74, 6) is -0.00666. The molecule has 0 aromatic heterocycles. The number of amides is 1. The van der Waals surface area contributed by atoms with E-state index in [0.29, 0.717) is 19.6 Å². The largest absolute Gasteiger partial charge is 0.381 e. The van der Waals surface area contributed by atoms with Crippen molar-refractivity contribution in [1.29, 1.82) is 0 Å². The summed E-state index contributed by atoms with van der Waals surface area (Å²) in [6.07, 6.45) is 3.30. The fourth-order valence-electron chi connectivity index (χ4n) is 2.03. The highest BCUT2D eigenvalue weighted by molar-refractivity contribution is 5.74. The van der Waals surface area contributed by atoms with Crippen molar-refractivity contribution in [3.63, 3.8) is 0 Å². The molecule has 0 heterocycles. The lowest BCUT2D eigenvalue weighted by Crippen LogP contribution is -2.50. The Bertz CT molecular complexity index is 285. The van der Waals surface area contributed by atoms with E-state index in [2.05, 4.69) is 6.92 Å². The highest BCUT2D eigenvalue weighted by Crippen LogP contribution is 2.21. The minimum Gasteiger partial charge on any atom is -0.381 e. The molecule has 0 fully saturated rings. The molecule has 1 amide bonds. The molecule has 3 N–H and O–H groups in total. The molecule has 0 aromatic carbocycles. The van der Waals surface area contributed by atoms with Crippen LogP contribution in [0.5, 0.6) is 0 Å². The number of aliphatic hydroxyl groups is 1. The fourth-order valence-corrected chi connectivity index (χ4v) is 2.03. The third-order valence-corrected chi connectivity index (χ3v) is 3.45. The molecule has 0 aliphatic rings. The summed E-state index contributed by atoms with van der Waals surface area (Å²) < 4.78 is 5.57. The number of carbonyl (C=O) groups excluding carboxylic acids is 1. The summed E-state index contributed by atoms with van der Waals surface area (Å²) in [6, 6.07) is 0. The van der Waals surface area contributed by atoms with E-state index in [1.807, 2.05) is 13.8 Å². The van der Waals surface area contributed by atoms with Gasteiger partial charge in [0.2, 0.25) is 5.91 Å². The molecule has 0 aliphatic carbocycles. The number of unbranched alkanes of at least 4 members (excludes halogenated alkanes) is 1. The van der Waals surface area contributed by atoms with Crippen LogP contribution >= 0.6 is 0 Å². The van der Waals surface area contributed by atoms with Crippen molar-refractivity contribution in [3.05, 3.63) is 0 Å². The fraction of sp³-hybridized carbons (Fsp3) is 0.933. The van der Waals surface area contributed by atoms with Crippen molar-refractivity contribution in [2.45, 2.75) is 71.6 Å². The van der Waals surface area contributed by atoms with E-state index in [1.165, 1.54) is 0 Å². The van der Waals surface area contributed by atoms with Crippen molar-refractivity contribution in [2.24, 2.45) is 5.73 Å². The molecule has 0 saturated heterocycles. The topological polar surface area (TPSA) is 75.8 Å². The number of hydrogen-bond acceptors (Lipinski definition) is 4. The average molecular weight is 288 g/mol. The summed E-state index contributed by atoms with van der Waals surface area (Å²) >= 11 is 0. The highest BCUT2D eigenvalue weighted by Gasteiger charge is 2.29. The predicted octanol–water partition coefficient (Wildman–Crippen LogP) is 1.88. The number of nitrogens with two attached hydrogens (primary N) is 1. The Hall–Kier alpha value is -0.650. The number of ether oxygens (including phenoxy) is 1. The minimum absolute atomic E-state index is 0.00666. The zero-order chi connectivity index (χ0) is 15.8. The van der Waals surface area contributed by atoms with Gasteiger partial charge >= 0.3 is 0 Å². The van der Waals surface area contributed by atoms with Crippen LogP contribution in [-0.2, 0) is 9.53 Å². The molecule has 5 nitrogen and oxygen atoms in total. The van der Waals surface area contributed by atoms with E-state index in [1.54, 1.807) is 18.7 Å². The second kappa shape index (κ2) is 8.60. The summed E-state index contributed by atoms with van der Waals surface area (Å²) in [4.78, 5) is 13.6. The Morgan fingerprint density at radius 2 is 1.85 bits per heavy atom. The van der Waals surface area contributed by atoms with Gasteiger partial charge in [0.1, 0.15) is 5.72 Å². The number of hydrogen-bond donors (Lipinski definition) is 2. The zero-order valence-electron chi connectivity index (χ0n) is 13.7. The SMILES string of the molecule is CCCCOCCC(C)(C)N(CCC(C)(N)O)C(C)=O. The van der Waals surface area contributed by atoms with E-state index >= 15 is 0 Å². The molecule has 0 radical (unpaired) electrons. The first-order chi connectivity index (χ1) is 9.10. The summed E-state index contributed by atoms with van der Waals surface area (Å²) in [5, 5.41) is 9.60. The van der Waals surface area contributed by atoms with Crippen molar-refractivity contribution < 1.29 is 14.6 Å². The Balaban J connectivity index is 4.36. The van der Waals surface area contributed by atoms with Gasteiger partial charge in [0.15, 0.2) is 0 Å². The van der Waals surface area contributed by atoms with Gasteiger partial charge in [-0.25, -0.2) is 0 Å². The van der Waals surface area contributed by atoms with E-state index in [0.717, 1.165) is 25.9 Å². The maximum absolute atomic E-state index is 11.8. The lowest BCUT2D eigenvalue weighted by atomic mass is 9.97. The maximum atomic E-state index is 11.8. The molecule has 5 heteroatoms. The average Bonchev–Trinajstić information content (AvgIpc) is 2.26. The van der Waals surface area contributed by atoms with Crippen molar-refractivity contribution in [2.75, 3.05) is 19.8 Å². The molecule has 1 atom stereocenters. The standard InChI is InChI=1S/C15H32N2O3/c1-6-7-11-20-12-9-14(3,4)17(13(2)18)10-8-15(5,16)19/h19H,6-12,16H2,1-5H3. The quantitative estimate of drug-likeness (QED) is 0.475. The molecule has 0 bridgehead atoms. The van der Waals surface area contributed by atoms with Crippen molar-refractivity contribution >= 4 is 5.91 Å². The van der Waals surface area contributed by atoms with E-state index in [9.17, 15) is 9.90 Å². The Morgan fingerprint density at radius 3 is 2.30 bits per heavy atom. The van der Waals surface area contributed by atoms with Crippen LogP contribution in [0.3, 0.4) is 0 Å². The normalized spacial score (nSPS) is 14.9. The van der Waals surface area contributed by atoms with Crippen LogP contribution in [0, 0.1) is 0 Å². The smallest absolute Gasteiger partial charge is 0.219 e. The zero-order valence-corrected chi connectivity index (χ0v) is 13.7. The Morgan fingerprint density at radius 1 is 1.25 bits per heavy atom. The number of carbonyl (C=O) groups is 1. The van der Waals surface area contributed by atoms with Gasteiger partial charge in [-0.2, -0.15) is 0 Å². The van der Waals surface area contributed by atoms with Gasteiger partial charge in [-0.1, -0.05) is 13.3 Å². The summed E-state index contributed by atoms with van der Waals surface area (Å²) in [6.45, 7) is 11.1. The second-order valence-corrected chi connectivity index (χ2v) is 6.31. The first-order valence-electron chi connectivity index (χ1n) is 7.47. The van der Waals surface area contributed by atoms with Gasteiger partial charge in [0.05, 0.1) is 0 Å². The Kier molecular flexibility index (Phi) is 8.32. The van der Waals surface area contributed by atoms with Crippen LogP contribution in [0.1, 0.15) is 60.3 Å². The third kappa shape index (κ3) is 8.51. The lowest BCUT2D eigenvalue weighted by molar-refractivity contribution is -0.135. The summed E-state index contributed by atoms with van der Waals surface area (Å²) in [5.41, 5.74) is 4.02. The van der Waals surface area contributed by atoms with Crippen molar-refractivity contribution in [3.8, 4) is 0 Å². The molecule has 0 rings (SSSR count). The van der Waals surface area contributed by atoms with Crippen LogP contribution in [0.4, 0.5) is 0 Å². The van der Waals surface area contributed by atoms with Gasteiger partial charge in [-0.3, -0.25) is 4.79 Å². The highest BCUT2D eigenvalue weighted by atomic mass is 16.5. The maximum Gasteiger partial charge on any atom is 0.219 e. The van der Waals surface area contributed by atoms with Crippen LogP contribution < -0.4 is 5.73 Å². The van der Waals surface area contributed by atoms with Gasteiger partial charge in [0, 0.05) is 38.6 Å². The molecule has 1 unspecified atom stereocenters. The first kappa shape index (κ1) is 19.4. The predicted molar refractivity (Wildman–Crippen MR) is 81.2 cm³/mol.